The van der Waals surface area contributed by atoms with Crippen molar-refractivity contribution in [1.29, 1.82) is 0 Å². The van der Waals surface area contributed by atoms with Crippen molar-refractivity contribution in [2.45, 2.75) is 38.8 Å². The molecule has 0 saturated carbocycles. The minimum atomic E-state index is 0.435. The third-order valence-electron chi connectivity index (χ3n) is 5.87. The molecule has 0 unspecified atom stereocenters. The Hall–Kier alpha value is -2.72. The van der Waals surface area contributed by atoms with Gasteiger partial charge in [0, 0.05) is 37.1 Å². The van der Waals surface area contributed by atoms with Crippen LogP contribution in [-0.4, -0.2) is 28.0 Å². The maximum Gasteiger partial charge on any atom is 0.141 e. The van der Waals surface area contributed by atoms with Crippen LogP contribution >= 0.6 is 0 Å². The zero-order valence-corrected chi connectivity index (χ0v) is 16.3. The molecule has 142 valence electrons. The second kappa shape index (κ2) is 7.36. The minimum absolute atomic E-state index is 0.435. The number of likely N-dealkylation sites (tertiary alicyclic amines) is 1. The van der Waals surface area contributed by atoms with Gasteiger partial charge in [-0.05, 0) is 66.8 Å². The van der Waals surface area contributed by atoms with E-state index in [2.05, 4.69) is 63.5 Å². The van der Waals surface area contributed by atoms with Gasteiger partial charge in [-0.1, -0.05) is 24.3 Å². The van der Waals surface area contributed by atoms with Crippen LogP contribution in [0.25, 0.3) is 11.1 Å². The first kappa shape index (κ1) is 17.4. The number of nitrogens with zero attached hydrogens (tertiary/aromatic N) is 3. The fraction of sp³-hybridized carbons (Fsp3) is 0.333. The predicted octanol–water partition coefficient (Wildman–Crippen LogP) is 4.72. The number of fused-ring (bicyclic) bond motifs is 1. The molecule has 4 heteroatoms. The highest BCUT2D eigenvalue weighted by Gasteiger charge is 2.27. The summed E-state index contributed by atoms with van der Waals surface area (Å²) in [5.41, 5.74) is 7.27. The molecular formula is C24H25N3O. The lowest BCUT2D eigenvalue weighted by Gasteiger charge is -2.25. The Bertz CT molecular complexity index is 983. The zero-order chi connectivity index (χ0) is 18.9. The number of hydrogen-bond donors (Lipinski definition) is 0. The van der Waals surface area contributed by atoms with E-state index >= 15 is 0 Å². The Morgan fingerprint density at radius 3 is 2.82 bits per heavy atom. The van der Waals surface area contributed by atoms with Gasteiger partial charge in [0.05, 0.1) is 12.3 Å². The molecule has 1 saturated heterocycles. The van der Waals surface area contributed by atoms with Crippen molar-refractivity contribution in [3.8, 4) is 16.9 Å². The number of pyridine rings is 2. The summed E-state index contributed by atoms with van der Waals surface area (Å²) < 4.78 is 5.73. The fourth-order valence-corrected chi connectivity index (χ4v) is 4.40. The van der Waals surface area contributed by atoms with Gasteiger partial charge in [-0.25, -0.2) is 0 Å². The lowest BCUT2D eigenvalue weighted by Crippen LogP contribution is -2.22. The summed E-state index contributed by atoms with van der Waals surface area (Å²) in [6.45, 7) is 4.90. The van der Waals surface area contributed by atoms with E-state index in [1.54, 1.807) is 0 Å². The van der Waals surface area contributed by atoms with Crippen LogP contribution in [-0.2, 0) is 13.0 Å². The van der Waals surface area contributed by atoms with E-state index in [-0.39, 0.29) is 0 Å². The zero-order valence-electron chi connectivity index (χ0n) is 16.3. The molecule has 0 bridgehead atoms. The molecule has 1 atom stereocenters. The molecule has 5 rings (SSSR count). The molecule has 2 aliphatic rings. The van der Waals surface area contributed by atoms with Crippen molar-refractivity contribution in [1.82, 2.24) is 14.9 Å². The smallest absolute Gasteiger partial charge is 0.141 e. The summed E-state index contributed by atoms with van der Waals surface area (Å²) in [6.07, 6.45) is 7.30. The Kier molecular flexibility index (Phi) is 4.57. The summed E-state index contributed by atoms with van der Waals surface area (Å²) in [4.78, 5) is 11.5. The molecule has 4 heterocycles. The van der Waals surface area contributed by atoms with E-state index in [9.17, 15) is 0 Å². The summed E-state index contributed by atoms with van der Waals surface area (Å²) in [5, 5.41) is 0. The molecule has 2 aliphatic heterocycles. The van der Waals surface area contributed by atoms with E-state index < -0.39 is 0 Å². The second-order valence-corrected chi connectivity index (χ2v) is 7.82. The van der Waals surface area contributed by atoms with Crippen molar-refractivity contribution >= 4 is 0 Å². The van der Waals surface area contributed by atoms with Crippen LogP contribution in [0.1, 0.15) is 41.4 Å². The molecule has 3 aromatic rings. The third-order valence-corrected chi connectivity index (χ3v) is 5.87. The standard InChI is InChI=1S/C24H25N3O/c1-17-13-20(8-10-25-17)19-6-4-18(5-7-19)16-27-11-2-3-23(27)21-14-24-22(26-15-21)9-12-28-24/h4-8,10,13-15,23H,2-3,9,11-12,16H2,1H3/t23-/m0/s1. The number of ether oxygens (including phenoxy) is 1. The molecule has 0 spiro atoms. The number of aryl methyl sites for hydroxylation is 1. The molecule has 4 nitrogen and oxygen atoms in total. The van der Waals surface area contributed by atoms with Crippen LogP contribution in [0.15, 0.2) is 54.9 Å². The molecule has 2 aromatic heterocycles. The molecule has 28 heavy (non-hydrogen) atoms. The van der Waals surface area contributed by atoms with Crippen molar-refractivity contribution in [2.24, 2.45) is 0 Å². The number of benzene rings is 1. The monoisotopic (exact) mass is 371 g/mol. The Morgan fingerprint density at radius 2 is 1.96 bits per heavy atom. The first-order valence-corrected chi connectivity index (χ1v) is 10.1. The first-order valence-electron chi connectivity index (χ1n) is 10.1. The molecule has 0 amide bonds. The van der Waals surface area contributed by atoms with Gasteiger partial charge in [-0.15, -0.1) is 0 Å². The van der Waals surface area contributed by atoms with E-state index in [0.29, 0.717) is 6.04 Å². The summed E-state index contributed by atoms with van der Waals surface area (Å²) in [7, 11) is 0. The Morgan fingerprint density at radius 1 is 1.07 bits per heavy atom. The highest BCUT2D eigenvalue weighted by Crippen LogP contribution is 2.36. The molecule has 1 fully saturated rings. The summed E-state index contributed by atoms with van der Waals surface area (Å²) in [6, 6.07) is 15.8. The second-order valence-electron chi connectivity index (χ2n) is 7.82. The minimum Gasteiger partial charge on any atom is -0.491 e. The average Bonchev–Trinajstić information content (AvgIpc) is 3.37. The maximum absolute atomic E-state index is 5.73. The maximum atomic E-state index is 5.73. The van der Waals surface area contributed by atoms with Gasteiger partial charge in [0.25, 0.3) is 0 Å². The largest absolute Gasteiger partial charge is 0.491 e. The van der Waals surface area contributed by atoms with Crippen LogP contribution < -0.4 is 4.74 Å². The Balaban J connectivity index is 1.32. The Labute approximate surface area is 166 Å². The molecule has 0 N–H and O–H groups in total. The lowest BCUT2D eigenvalue weighted by molar-refractivity contribution is 0.247. The summed E-state index contributed by atoms with van der Waals surface area (Å²) >= 11 is 0. The fourth-order valence-electron chi connectivity index (χ4n) is 4.40. The van der Waals surface area contributed by atoms with Crippen molar-refractivity contribution in [3.05, 3.63) is 77.4 Å². The predicted molar refractivity (Wildman–Crippen MR) is 110 cm³/mol. The van der Waals surface area contributed by atoms with Gasteiger partial charge in [0.2, 0.25) is 0 Å². The lowest BCUT2D eigenvalue weighted by atomic mass is 10.0. The quantitative estimate of drug-likeness (QED) is 0.665. The van der Waals surface area contributed by atoms with Gasteiger partial charge >= 0.3 is 0 Å². The normalized spacial score (nSPS) is 18.8. The van der Waals surface area contributed by atoms with Gasteiger partial charge in [-0.3, -0.25) is 14.9 Å². The van der Waals surface area contributed by atoms with E-state index in [4.69, 9.17) is 4.74 Å². The van der Waals surface area contributed by atoms with Crippen molar-refractivity contribution in [2.75, 3.05) is 13.2 Å². The first-order chi connectivity index (χ1) is 13.8. The number of aromatic nitrogens is 2. The van der Waals surface area contributed by atoms with Crippen LogP contribution in [0.2, 0.25) is 0 Å². The summed E-state index contributed by atoms with van der Waals surface area (Å²) in [5.74, 6) is 0.987. The topological polar surface area (TPSA) is 38.2 Å². The average molecular weight is 371 g/mol. The molecule has 0 aliphatic carbocycles. The van der Waals surface area contributed by atoms with Crippen LogP contribution in [0.5, 0.6) is 5.75 Å². The van der Waals surface area contributed by atoms with Crippen LogP contribution in [0.4, 0.5) is 0 Å². The number of rotatable bonds is 4. The molecular weight excluding hydrogens is 346 g/mol. The highest BCUT2D eigenvalue weighted by molar-refractivity contribution is 5.63. The van der Waals surface area contributed by atoms with Crippen molar-refractivity contribution < 1.29 is 4.74 Å². The van der Waals surface area contributed by atoms with Crippen LogP contribution in [0, 0.1) is 6.92 Å². The van der Waals surface area contributed by atoms with Gasteiger partial charge in [0.1, 0.15) is 5.75 Å². The van der Waals surface area contributed by atoms with Gasteiger partial charge in [-0.2, -0.15) is 0 Å². The van der Waals surface area contributed by atoms with E-state index in [0.717, 1.165) is 43.3 Å². The third kappa shape index (κ3) is 3.40. The van der Waals surface area contributed by atoms with E-state index in [1.807, 2.05) is 13.1 Å². The number of hydrogen-bond acceptors (Lipinski definition) is 4. The van der Waals surface area contributed by atoms with E-state index in [1.165, 1.54) is 35.1 Å². The molecule has 0 radical (unpaired) electrons. The van der Waals surface area contributed by atoms with Gasteiger partial charge < -0.3 is 4.74 Å². The molecule has 1 aromatic carbocycles. The SMILES string of the molecule is Cc1cc(-c2ccc(CN3CCC[C@H]3c3cnc4c(c3)OCC4)cc2)ccn1. The van der Waals surface area contributed by atoms with Crippen molar-refractivity contribution in [3.63, 3.8) is 0 Å². The highest BCUT2D eigenvalue weighted by atomic mass is 16.5. The van der Waals surface area contributed by atoms with Gasteiger partial charge in [0.15, 0.2) is 0 Å². The van der Waals surface area contributed by atoms with Crippen LogP contribution in [0.3, 0.4) is 0 Å².